The number of hydrogen-bond donors (Lipinski definition) is 3. The van der Waals surface area contributed by atoms with Gasteiger partial charge in [-0.05, 0) is 24.1 Å². The van der Waals surface area contributed by atoms with Crippen LogP contribution in [0.4, 0.5) is 4.39 Å². The summed E-state index contributed by atoms with van der Waals surface area (Å²) in [5.74, 6) is -0.955. The predicted molar refractivity (Wildman–Crippen MR) is 60.7 cm³/mol. The summed E-state index contributed by atoms with van der Waals surface area (Å²) < 4.78 is 13.0. The van der Waals surface area contributed by atoms with Crippen LogP contribution in [-0.4, -0.2) is 22.9 Å². The van der Waals surface area contributed by atoms with Crippen LogP contribution in [0.2, 0.25) is 0 Å². The number of aromatic hydroxyl groups is 1. The molecule has 0 bridgehead atoms. The predicted octanol–water partition coefficient (Wildman–Crippen LogP) is 1.78. The fourth-order valence-electron chi connectivity index (χ4n) is 1.48. The molecule has 0 spiro atoms. The standard InChI is InChI=1S/C12H18FNO2/c1-2-3-10(15)8-14-7-9-4-5-12(16)11(13)6-9/h4-6,10,14-16H,2-3,7-8H2,1H3. The Balaban J connectivity index is 2.34. The summed E-state index contributed by atoms with van der Waals surface area (Å²) in [7, 11) is 0. The third-order valence-corrected chi connectivity index (χ3v) is 2.34. The number of aliphatic hydroxyl groups excluding tert-OH is 1. The minimum absolute atomic E-state index is 0.338. The number of hydrogen-bond acceptors (Lipinski definition) is 3. The summed E-state index contributed by atoms with van der Waals surface area (Å²) in [6.07, 6.45) is 1.35. The molecule has 0 radical (unpaired) electrons. The van der Waals surface area contributed by atoms with Gasteiger partial charge in [-0.25, -0.2) is 4.39 Å². The Morgan fingerprint density at radius 2 is 2.19 bits per heavy atom. The highest BCUT2D eigenvalue weighted by Crippen LogP contribution is 2.15. The highest BCUT2D eigenvalue weighted by Gasteiger charge is 2.03. The summed E-state index contributed by atoms with van der Waals surface area (Å²) >= 11 is 0. The molecule has 0 saturated heterocycles. The second kappa shape index (κ2) is 6.45. The van der Waals surface area contributed by atoms with Crippen LogP contribution in [0.5, 0.6) is 5.75 Å². The van der Waals surface area contributed by atoms with Crippen molar-refractivity contribution in [1.29, 1.82) is 0 Å². The normalized spacial score (nSPS) is 12.7. The summed E-state index contributed by atoms with van der Waals surface area (Å²) in [6, 6.07) is 4.26. The van der Waals surface area contributed by atoms with Gasteiger partial charge in [-0.2, -0.15) is 0 Å². The zero-order valence-electron chi connectivity index (χ0n) is 9.41. The number of rotatable bonds is 6. The van der Waals surface area contributed by atoms with Gasteiger partial charge in [0, 0.05) is 13.1 Å². The van der Waals surface area contributed by atoms with Crippen molar-refractivity contribution in [2.24, 2.45) is 0 Å². The molecule has 0 aliphatic carbocycles. The van der Waals surface area contributed by atoms with E-state index in [0.29, 0.717) is 13.1 Å². The highest BCUT2D eigenvalue weighted by atomic mass is 19.1. The molecule has 3 N–H and O–H groups in total. The van der Waals surface area contributed by atoms with Gasteiger partial charge in [0.2, 0.25) is 0 Å². The van der Waals surface area contributed by atoms with E-state index in [2.05, 4.69) is 5.32 Å². The first-order valence-electron chi connectivity index (χ1n) is 5.49. The lowest BCUT2D eigenvalue weighted by Gasteiger charge is -2.10. The average molecular weight is 227 g/mol. The minimum atomic E-state index is -0.617. The zero-order valence-corrected chi connectivity index (χ0v) is 9.41. The molecule has 0 aromatic heterocycles. The number of phenols is 1. The van der Waals surface area contributed by atoms with E-state index in [1.165, 1.54) is 12.1 Å². The van der Waals surface area contributed by atoms with Crippen LogP contribution in [0.25, 0.3) is 0 Å². The topological polar surface area (TPSA) is 52.5 Å². The van der Waals surface area contributed by atoms with Crippen LogP contribution in [0.15, 0.2) is 18.2 Å². The summed E-state index contributed by atoms with van der Waals surface area (Å²) in [5, 5.41) is 21.5. The molecular weight excluding hydrogens is 209 g/mol. The van der Waals surface area contributed by atoms with Crippen molar-refractivity contribution in [1.82, 2.24) is 5.32 Å². The molecule has 0 saturated carbocycles. The van der Waals surface area contributed by atoms with Gasteiger partial charge in [0.25, 0.3) is 0 Å². The van der Waals surface area contributed by atoms with Gasteiger partial charge >= 0.3 is 0 Å². The molecule has 1 rings (SSSR count). The van der Waals surface area contributed by atoms with Gasteiger partial charge < -0.3 is 15.5 Å². The zero-order chi connectivity index (χ0) is 12.0. The Morgan fingerprint density at radius 3 is 2.81 bits per heavy atom. The van der Waals surface area contributed by atoms with Gasteiger partial charge in [-0.15, -0.1) is 0 Å². The molecule has 1 aromatic carbocycles. The summed E-state index contributed by atoms with van der Waals surface area (Å²) in [4.78, 5) is 0. The molecule has 0 aliphatic rings. The Kier molecular flexibility index (Phi) is 5.22. The van der Waals surface area contributed by atoms with E-state index in [9.17, 15) is 9.50 Å². The van der Waals surface area contributed by atoms with E-state index in [1.807, 2.05) is 6.92 Å². The highest BCUT2D eigenvalue weighted by molar-refractivity contribution is 5.27. The number of benzene rings is 1. The second-order valence-electron chi connectivity index (χ2n) is 3.86. The van der Waals surface area contributed by atoms with E-state index in [4.69, 9.17) is 5.11 Å². The largest absolute Gasteiger partial charge is 0.505 e. The third kappa shape index (κ3) is 4.16. The van der Waals surface area contributed by atoms with Crippen molar-refractivity contribution < 1.29 is 14.6 Å². The Bertz CT molecular complexity index is 331. The molecule has 1 atom stereocenters. The average Bonchev–Trinajstić information content (AvgIpc) is 2.24. The third-order valence-electron chi connectivity index (χ3n) is 2.34. The molecular formula is C12H18FNO2. The van der Waals surface area contributed by atoms with Crippen LogP contribution in [0.3, 0.4) is 0 Å². The molecule has 1 aromatic rings. The Labute approximate surface area is 94.9 Å². The molecule has 0 heterocycles. The van der Waals surface area contributed by atoms with Crippen LogP contribution >= 0.6 is 0 Å². The Morgan fingerprint density at radius 1 is 1.44 bits per heavy atom. The molecule has 0 aliphatic heterocycles. The molecule has 4 heteroatoms. The van der Waals surface area contributed by atoms with E-state index in [0.717, 1.165) is 18.4 Å². The first kappa shape index (κ1) is 12.9. The van der Waals surface area contributed by atoms with Crippen LogP contribution in [-0.2, 0) is 6.54 Å². The van der Waals surface area contributed by atoms with Crippen LogP contribution < -0.4 is 5.32 Å². The lowest BCUT2D eigenvalue weighted by Crippen LogP contribution is -2.26. The van der Waals surface area contributed by atoms with Crippen LogP contribution in [0, 0.1) is 5.82 Å². The van der Waals surface area contributed by atoms with Crippen molar-refractivity contribution in [3.63, 3.8) is 0 Å². The first-order valence-corrected chi connectivity index (χ1v) is 5.49. The molecule has 90 valence electrons. The van der Waals surface area contributed by atoms with Gasteiger partial charge in [0.1, 0.15) is 0 Å². The minimum Gasteiger partial charge on any atom is -0.505 e. The monoisotopic (exact) mass is 227 g/mol. The number of halogens is 1. The lowest BCUT2D eigenvalue weighted by atomic mass is 10.2. The van der Waals surface area contributed by atoms with E-state index < -0.39 is 5.82 Å². The van der Waals surface area contributed by atoms with E-state index >= 15 is 0 Å². The lowest BCUT2D eigenvalue weighted by molar-refractivity contribution is 0.160. The maximum absolute atomic E-state index is 13.0. The molecule has 1 unspecified atom stereocenters. The number of nitrogens with one attached hydrogen (secondary N) is 1. The van der Waals surface area contributed by atoms with E-state index in [1.54, 1.807) is 6.07 Å². The molecule has 3 nitrogen and oxygen atoms in total. The SMILES string of the molecule is CCCC(O)CNCc1ccc(O)c(F)c1. The van der Waals surface area contributed by atoms with Crippen LogP contribution in [0.1, 0.15) is 25.3 Å². The van der Waals surface area contributed by atoms with Gasteiger partial charge in [0.15, 0.2) is 11.6 Å². The number of aliphatic hydroxyl groups is 1. The van der Waals surface area contributed by atoms with E-state index in [-0.39, 0.29) is 11.9 Å². The van der Waals surface area contributed by atoms with Crippen molar-refractivity contribution in [2.75, 3.05) is 6.54 Å². The van der Waals surface area contributed by atoms with Gasteiger partial charge in [-0.1, -0.05) is 19.4 Å². The van der Waals surface area contributed by atoms with Gasteiger partial charge in [0.05, 0.1) is 6.10 Å². The summed E-state index contributed by atoms with van der Waals surface area (Å²) in [6.45, 7) is 2.99. The fourth-order valence-corrected chi connectivity index (χ4v) is 1.48. The van der Waals surface area contributed by atoms with Crippen molar-refractivity contribution in [3.8, 4) is 5.75 Å². The van der Waals surface area contributed by atoms with Crippen molar-refractivity contribution in [2.45, 2.75) is 32.4 Å². The fraction of sp³-hybridized carbons (Fsp3) is 0.500. The first-order chi connectivity index (χ1) is 7.63. The second-order valence-corrected chi connectivity index (χ2v) is 3.86. The smallest absolute Gasteiger partial charge is 0.165 e. The van der Waals surface area contributed by atoms with Gasteiger partial charge in [-0.3, -0.25) is 0 Å². The summed E-state index contributed by atoms with van der Waals surface area (Å²) in [5.41, 5.74) is 0.749. The molecule has 16 heavy (non-hydrogen) atoms. The maximum atomic E-state index is 13.0. The molecule has 0 amide bonds. The molecule has 0 fully saturated rings. The number of phenolic OH excluding ortho intramolecular Hbond substituents is 1. The maximum Gasteiger partial charge on any atom is 0.165 e. The Hall–Kier alpha value is -1.13. The van der Waals surface area contributed by atoms with Crippen molar-refractivity contribution in [3.05, 3.63) is 29.6 Å². The quantitative estimate of drug-likeness (QED) is 0.694. The van der Waals surface area contributed by atoms with Crippen molar-refractivity contribution >= 4 is 0 Å².